The minimum atomic E-state index is -2.92. The number of ether oxygens (including phenoxy) is 2. The van der Waals surface area contributed by atoms with Crippen LogP contribution in [0, 0.1) is 5.92 Å². The average Bonchev–Trinajstić information content (AvgIpc) is 2.55. The van der Waals surface area contributed by atoms with Gasteiger partial charge in [-0.25, -0.2) is 4.99 Å². The second-order valence-corrected chi connectivity index (χ2v) is 5.90. The monoisotopic (exact) mass is 469 g/mol. The molecule has 0 bridgehead atoms. The minimum Gasteiger partial charge on any atom is -0.490 e. The van der Waals surface area contributed by atoms with Gasteiger partial charge >= 0.3 is 6.61 Å². The third-order valence-corrected chi connectivity index (χ3v) is 4.09. The predicted octanol–water partition coefficient (Wildman–Crippen LogP) is 3.85. The van der Waals surface area contributed by atoms with Crippen LogP contribution in [-0.2, 0) is 6.54 Å². The highest BCUT2D eigenvalue weighted by Gasteiger charge is 2.18. The highest BCUT2D eigenvalue weighted by Crippen LogP contribution is 2.33. The Morgan fingerprint density at radius 2 is 2.04 bits per heavy atom. The summed E-state index contributed by atoms with van der Waals surface area (Å²) >= 11 is 0. The van der Waals surface area contributed by atoms with Gasteiger partial charge in [-0.2, -0.15) is 8.78 Å². The summed E-state index contributed by atoms with van der Waals surface area (Å²) in [6.07, 6.45) is 2.16. The van der Waals surface area contributed by atoms with Gasteiger partial charge in [-0.1, -0.05) is 19.1 Å². The number of piperidine rings is 1. The van der Waals surface area contributed by atoms with Gasteiger partial charge in [0.25, 0.3) is 0 Å². The van der Waals surface area contributed by atoms with Crippen LogP contribution < -0.4 is 15.2 Å². The number of benzene rings is 1. The number of hydrogen-bond acceptors (Lipinski definition) is 3. The number of hydrogen-bond donors (Lipinski definition) is 1. The lowest BCUT2D eigenvalue weighted by atomic mass is 10.00. The molecule has 142 valence electrons. The topological polar surface area (TPSA) is 60.1 Å². The summed E-state index contributed by atoms with van der Waals surface area (Å²) < 4.78 is 35.4. The van der Waals surface area contributed by atoms with E-state index in [4.69, 9.17) is 10.5 Å². The van der Waals surface area contributed by atoms with Crippen LogP contribution in [0.3, 0.4) is 0 Å². The number of nitrogens with two attached hydrogens (primary N) is 1. The average molecular weight is 469 g/mol. The molecule has 0 spiro atoms. The molecule has 8 heteroatoms. The molecule has 0 radical (unpaired) electrons. The number of para-hydroxylation sites is 1. The molecule has 0 saturated carbocycles. The molecule has 0 aliphatic carbocycles. The summed E-state index contributed by atoms with van der Waals surface area (Å²) in [5.74, 6) is 1.45. The fraction of sp³-hybridized carbons (Fsp3) is 0.588. The first-order chi connectivity index (χ1) is 11.5. The lowest BCUT2D eigenvalue weighted by molar-refractivity contribution is -0.0520. The molecule has 5 nitrogen and oxygen atoms in total. The van der Waals surface area contributed by atoms with E-state index in [1.54, 1.807) is 25.1 Å². The predicted molar refractivity (Wildman–Crippen MR) is 105 cm³/mol. The second-order valence-electron chi connectivity index (χ2n) is 5.90. The Kier molecular flexibility index (Phi) is 9.23. The Labute approximate surface area is 164 Å². The van der Waals surface area contributed by atoms with E-state index in [-0.39, 0.29) is 42.0 Å². The van der Waals surface area contributed by atoms with Crippen molar-refractivity contribution >= 4 is 29.9 Å². The lowest BCUT2D eigenvalue weighted by Crippen LogP contribution is -2.42. The summed E-state index contributed by atoms with van der Waals surface area (Å²) in [6.45, 7) is 3.35. The number of alkyl halides is 2. The van der Waals surface area contributed by atoms with Crippen molar-refractivity contribution in [2.75, 3.05) is 19.7 Å². The molecule has 1 heterocycles. The van der Waals surface area contributed by atoms with Crippen LogP contribution in [0.25, 0.3) is 0 Å². The van der Waals surface area contributed by atoms with Crippen LogP contribution in [0.15, 0.2) is 23.2 Å². The molecule has 1 aliphatic rings. The first-order valence-corrected chi connectivity index (χ1v) is 8.25. The summed E-state index contributed by atoms with van der Waals surface area (Å²) in [5.41, 5.74) is 6.57. The fourth-order valence-electron chi connectivity index (χ4n) is 2.68. The van der Waals surface area contributed by atoms with Gasteiger partial charge in [-0.3, -0.25) is 0 Å². The molecule has 2 N–H and O–H groups in total. The van der Waals surface area contributed by atoms with E-state index in [0.29, 0.717) is 24.0 Å². The maximum Gasteiger partial charge on any atom is 0.387 e. The van der Waals surface area contributed by atoms with Crippen LogP contribution in [0.5, 0.6) is 11.5 Å². The summed E-state index contributed by atoms with van der Waals surface area (Å²) in [4.78, 5) is 6.38. The first-order valence-electron chi connectivity index (χ1n) is 8.25. The summed E-state index contributed by atoms with van der Waals surface area (Å²) in [6, 6.07) is 5.02. The molecule has 1 aromatic rings. The van der Waals surface area contributed by atoms with Gasteiger partial charge in [0.15, 0.2) is 17.5 Å². The highest BCUT2D eigenvalue weighted by molar-refractivity contribution is 14.0. The smallest absolute Gasteiger partial charge is 0.387 e. The fourth-order valence-corrected chi connectivity index (χ4v) is 2.68. The maximum absolute atomic E-state index is 12.7. The zero-order valence-corrected chi connectivity index (χ0v) is 16.9. The minimum absolute atomic E-state index is 0. The molecule has 2 rings (SSSR count). The Balaban J connectivity index is 0.00000312. The molecular formula is C17H26F2IN3O2. The number of halogens is 3. The lowest BCUT2D eigenvalue weighted by Gasteiger charge is -2.31. The van der Waals surface area contributed by atoms with Crippen molar-refractivity contribution in [1.29, 1.82) is 0 Å². The van der Waals surface area contributed by atoms with Crippen molar-refractivity contribution in [2.24, 2.45) is 16.6 Å². The molecule has 0 unspecified atom stereocenters. The highest BCUT2D eigenvalue weighted by atomic mass is 127. The van der Waals surface area contributed by atoms with Crippen molar-refractivity contribution in [3.63, 3.8) is 0 Å². The summed E-state index contributed by atoms with van der Waals surface area (Å²) in [5, 5.41) is 0. The SMILES string of the molecule is CCOc1cccc(CN=C(N)N2CCC(C)CC2)c1OC(F)F.I. The first kappa shape index (κ1) is 21.7. The van der Waals surface area contributed by atoms with E-state index < -0.39 is 6.61 Å². The van der Waals surface area contributed by atoms with Crippen molar-refractivity contribution in [3.05, 3.63) is 23.8 Å². The molecule has 0 atom stereocenters. The van der Waals surface area contributed by atoms with Gasteiger partial charge in [0, 0.05) is 18.7 Å². The Hall–Kier alpha value is -1.32. The van der Waals surface area contributed by atoms with Crippen molar-refractivity contribution < 1.29 is 18.3 Å². The number of rotatable bonds is 6. The molecule has 0 amide bonds. The molecular weight excluding hydrogens is 443 g/mol. The molecule has 1 aliphatic heterocycles. The molecule has 1 fully saturated rings. The van der Waals surface area contributed by atoms with E-state index >= 15 is 0 Å². The molecule has 1 saturated heterocycles. The number of guanidine groups is 1. The Morgan fingerprint density at radius 1 is 1.36 bits per heavy atom. The molecule has 1 aromatic carbocycles. The van der Waals surface area contributed by atoms with Crippen LogP contribution >= 0.6 is 24.0 Å². The van der Waals surface area contributed by atoms with Gasteiger partial charge in [-0.05, 0) is 31.7 Å². The Bertz CT molecular complexity index is 565. The molecule has 25 heavy (non-hydrogen) atoms. The van der Waals surface area contributed by atoms with E-state index in [9.17, 15) is 8.78 Å². The second kappa shape index (κ2) is 10.6. The van der Waals surface area contributed by atoms with Gasteiger partial charge in [0.1, 0.15) is 0 Å². The van der Waals surface area contributed by atoms with E-state index in [1.807, 2.05) is 4.90 Å². The van der Waals surface area contributed by atoms with Gasteiger partial charge in [0.2, 0.25) is 0 Å². The largest absolute Gasteiger partial charge is 0.490 e. The summed E-state index contributed by atoms with van der Waals surface area (Å²) in [7, 11) is 0. The van der Waals surface area contributed by atoms with Crippen LogP contribution in [0.1, 0.15) is 32.3 Å². The van der Waals surface area contributed by atoms with Crippen molar-refractivity contribution in [3.8, 4) is 11.5 Å². The normalized spacial score (nSPS) is 15.9. The van der Waals surface area contributed by atoms with Crippen LogP contribution in [0.2, 0.25) is 0 Å². The van der Waals surface area contributed by atoms with Crippen LogP contribution in [0.4, 0.5) is 8.78 Å². The van der Waals surface area contributed by atoms with Crippen molar-refractivity contribution in [2.45, 2.75) is 39.8 Å². The maximum atomic E-state index is 12.7. The quantitative estimate of drug-likeness (QED) is 0.391. The number of aliphatic imine (C=N–C) groups is 1. The number of nitrogens with zero attached hydrogens (tertiary/aromatic N) is 2. The van der Waals surface area contributed by atoms with Gasteiger partial charge in [0.05, 0.1) is 13.2 Å². The molecule has 0 aromatic heterocycles. The van der Waals surface area contributed by atoms with Crippen molar-refractivity contribution in [1.82, 2.24) is 4.90 Å². The zero-order chi connectivity index (χ0) is 17.5. The van der Waals surface area contributed by atoms with E-state index in [1.165, 1.54) is 0 Å². The van der Waals surface area contributed by atoms with Crippen LogP contribution in [-0.4, -0.2) is 37.2 Å². The van der Waals surface area contributed by atoms with E-state index in [0.717, 1.165) is 25.9 Å². The number of likely N-dealkylation sites (tertiary alicyclic amines) is 1. The third kappa shape index (κ3) is 6.48. The zero-order valence-electron chi connectivity index (χ0n) is 14.6. The standard InChI is InChI=1S/C17H25F2N3O2.HI/c1-3-23-14-6-4-5-13(15(14)24-16(18)19)11-21-17(20)22-9-7-12(2)8-10-22;/h4-6,12,16H,3,7-11H2,1-2H3,(H2,20,21);1H. The Morgan fingerprint density at radius 3 is 2.64 bits per heavy atom. The van der Waals surface area contributed by atoms with Gasteiger partial charge in [-0.15, -0.1) is 24.0 Å². The van der Waals surface area contributed by atoms with E-state index in [2.05, 4.69) is 16.7 Å². The third-order valence-electron chi connectivity index (χ3n) is 4.09. The van der Waals surface area contributed by atoms with Gasteiger partial charge < -0.3 is 20.1 Å².